The molecule has 7 heteroatoms. The molecular formula is C28H36N2O5. The smallest absolute Gasteiger partial charge is 0.295 e. The van der Waals surface area contributed by atoms with E-state index in [9.17, 15) is 14.7 Å². The van der Waals surface area contributed by atoms with Gasteiger partial charge in [0.2, 0.25) is 0 Å². The van der Waals surface area contributed by atoms with Gasteiger partial charge in [-0.25, -0.2) is 0 Å². The Morgan fingerprint density at radius 1 is 1.09 bits per heavy atom. The number of hydrogen-bond acceptors (Lipinski definition) is 6. The van der Waals surface area contributed by atoms with Crippen molar-refractivity contribution in [3.8, 4) is 11.5 Å². The van der Waals surface area contributed by atoms with Crippen LogP contribution in [-0.4, -0.2) is 67.5 Å². The number of amides is 1. The number of methoxy groups -OCH3 is 1. The normalized spacial score (nSPS) is 17.8. The van der Waals surface area contributed by atoms with Crippen molar-refractivity contribution >= 4 is 17.4 Å². The highest BCUT2D eigenvalue weighted by Crippen LogP contribution is 2.41. The molecule has 2 aromatic rings. The Morgan fingerprint density at radius 3 is 2.29 bits per heavy atom. The van der Waals surface area contributed by atoms with Gasteiger partial charge in [-0.05, 0) is 62.3 Å². The first-order chi connectivity index (χ1) is 16.5. The van der Waals surface area contributed by atoms with E-state index in [4.69, 9.17) is 9.47 Å². The molecule has 1 aliphatic rings. The number of ketones is 1. The van der Waals surface area contributed by atoms with Gasteiger partial charge in [-0.15, -0.1) is 0 Å². The van der Waals surface area contributed by atoms with E-state index in [-0.39, 0.29) is 16.7 Å². The van der Waals surface area contributed by atoms with E-state index in [0.29, 0.717) is 31.0 Å². The summed E-state index contributed by atoms with van der Waals surface area (Å²) >= 11 is 0. The molecule has 35 heavy (non-hydrogen) atoms. The first kappa shape index (κ1) is 26.3. The van der Waals surface area contributed by atoms with Gasteiger partial charge in [-0.1, -0.05) is 32.9 Å². The summed E-state index contributed by atoms with van der Waals surface area (Å²) < 4.78 is 11.1. The van der Waals surface area contributed by atoms with Crippen LogP contribution in [-0.2, 0) is 15.0 Å². The molecule has 0 aliphatic carbocycles. The SMILES string of the molecule is CCOc1ccc(/C(O)=C2/C(=O)C(=O)N(CCN(C)C)C2c2ccc(OC)cc2)cc1C(C)(C)C. The van der Waals surface area contributed by atoms with Crippen LogP contribution >= 0.6 is 0 Å². The van der Waals surface area contributed by atoms with E-state index >= 15 is 0 Å². The number of benzene rings is 2. The van der Waals surface area contributed by atoms with Crippen molar-refractivity contribution in [1.82, 2.24) is 9.80 Å². The zero-order chi connectivity index (χ0) is 25.9. The number of aliphatic hydroxyl groups excluding tert-OH is 1. The average Bonchev–Trinajstić information content (AvgIpc) is 3.07. The second-order valence-electron chi connectivity index (χ2n) is 9.96. The van der Waals surface area contributed by atoms with Gasteiger partial charge < -0.3 is 24.4 Å². The topological polar surface area (TPSA) is 79.3 Å². The van der Waals surface area contributed by atoms with Crippen LogP contribution in [0.3, 0.4) is 0 Å². The van der Waals surface area contributed by atoms with E-state index in [1.54, 1.807) is 25.3 Å². The number of Topliss-reactive ketones (excluding diaryl/α,β-unsaturated/α-hetero) is 1. The van der Waals surface area contributed by atoms with Crippen LogP contribution in [0.4, 0.5) is 0 Å². The molecule has 2 aromatic carbocycles. The number of carbonyl (C=O) groups excluding carboxylic acids is 2. The maximum absolute atomic E-state index is 13.3. The second-order valence-corrected chi connectivity index (χ2v) is 9.96. The monoisotopic (exact) mass is 480 g/mol. The van der Waals surface area contributed by atoms with Crippen molar-refractivity contribution in [2.75, 3.05) is 40.9 Å². The van der Waals surface area contributed by atoms with Gasteiger partial charge in [0.15, 0.2) is 0 Å². The number of carbonyl (C=O) groups is 2. The Hall–Kier alpha value is -3.32. The van der Waals surface area contributed by atoms with Gasteiger partial charge in [-0.2, -0.15) is 0 Å². The fourth-order valence-corrected chi connectivity index (χ4v) is 4.25. The number of nitrogens with zero attached hydrogens (tertiary/aromatic N) is 2. The number of likely N-dealkylation sites (N-methyl/N-ethyl adjacent to an activating group) is 1. The second kappa shape index (κ2) is 10.5. The maximum atomic E-state index is 13.3. The summed E-state index contributed by atoms with van der Waals surface area (Å²) in [6, 6.07) is 11.9. The third-order valence-corrected chi connectivity index (χ3v) is 6.12. The predicted molar refractivity (Wildman–Crippen MR) is 137 cm³/mol. The average molecular weight is 481 g/mol. The highest BCUT2D eigenvalue weighted by atomic mass is 16.5. The Balaban J connectivity index is 2.18. The van der Waals surface area contributed by atoms with Crippen molar-refractivity contribution in [3.05, 3.63) is 64.7 Å². The fraction of sp³-hybridized carbons (Fsp3) is 0.429. The Bertz CT molecular complexity index is 1110. The zero-order valence-electron chi connectivity index (χ0n) is 21.7. The molecule has 0 saturated carbocycles. The zero-order valence-corrected chi connectivity index (χ0v) is 21.7. The van der Waals surface area contributed by atoms with Gasteiger partial charge in [0.25, 0.3) is 11.7 Å². The highest BCUT2D eigenvalue weighted by Gasteiger charge is 2.46. The summed E-state index contributed by atoms with van der Waals surface area (Å²) in [4.78, 5) is 29.9. The molecule has 1 N–H and O–H groups in total. The van der Waals surface area contributed by atoms with Crippen molar-refractivity contribution in [1.29, 1.82) is 0 Å². The van der Waals surface area contributed by atoms with Crippen molar-refractivity contribution in [3.63, 3.8) is 0 Å². The predicted octanol–water partition coefficient (Wildman–Crippen LogP) is 4.37. The molecule has 3 rings (SSSR count). The number of aliphatic hydroxyl groups is 1. The Morgan fingerprint density at radius 2 is 1.74 bits per heavy atom. The molecule has 1 fully saturated rings. The molecular weight excluding hydrogens is 444 g/mol. The van der Waals surface area contributed by atoms with Crippen LogP contribution in [0.1, 0.15) is 50.4 Å². The van der Waals surface area contributed by atoms with Crippen LogP contribution in [0.2, 0.25) is 0 Å². The molecule has 1 unspecified atom stereocenters. The van der Waals surface area contributed by atoms with E-state index in [1.807, 2.05) is 50.2 Å². The Kier molecular flexibility index (Phi) is 7.90. The lowest BCUT2D eigenvalue weighted by molar-refractivity contribution is -0.140. The molecule has 1 aliphatic heterocycles. The van der Waals surface area contributed by atoms with E-state index < -0.39 is 17.7 Å². The minimum absolute atomic E-state index is 0.0861. The lowest BCUT2D eigenvalue weighted by atomic mass is 9.84. The number of likely N-dealkylation sites (tertiary alicyclic amines) is 1. The molecule has 1 amide bonds. The van der Waals surface area contributed by atoms with Crippen molar-refractivity contribution in [2.45, 2.75) is 39.2 Å². The summed E-state index contributed by atoms with van der Waals surface area (Å²) in [5, 5.41) is 11.5. The van der Waals surface area contributed by atoms with Crippen LogP contribution in [0.25, 0.3) is 5.76 Å². The lowest BCUT2D eigenvalue weighted by Gasteiger charge is -2.27. The largest absolute Gasteiger partial charge is 0.507 e. The number of hydrogen-bond donors (Lipinski definition) is 1. The standard InChI is InChI=1S/C28H36N2O5/c1-8-35-22-14-11-19(17-21(22)28(2,3)4)25(31)23-24(18-9-12-20(34-7)13-10-18)30(16-15-29(5)6)27(33)26(23)32/h9-14,17,24,31H,8,15-16H2,1-7H3/b25-23-. The fourth-order valence-electron chi connectivity index (χ4n) is 4.25. The van der Waals surface area contributed by atoms with Crippen molar-refractivity contribution < 1.29 is 24.2 Å². The first-order valence-electron chi connectivity index (χ1n) is 11.8. The number of rotatable bonds is 8. The van der Waals surface area contributed by atoms with Crippen molar-refractivity contribution in [2.24, 2.45) is 0 Å². The summed E-state index contributed by atoms with van der Waals surface area (Å²) in [6.07, 6.45) is 0. The molecule has 0 aromatic heterocycles. The van der Waals surface area contributed by atoms with Gasteiger partial charge in [0.1, 0.15) is 17.3 Å². The molecule has 0 radical (unpaired) electrons. The van der Waals surface area contributed by atoms with Crippen LogP contribution < -0.4 is 9.47 Å². The lowest BCUT2D eigenvalue weighted by Crippen LogP contribution is -2.35. The summed E-state index contributed by atoms with van der Waals surface area (Å²) in [5.41, 5.74) is 1.94. The molecule has 188 valence electrons. The van der Waals surface area contributed by atoms with Crippen LogP contribution in [0, 0.1) is 0 Å². The van der Waals surface area contributed by atoms with E-state index in [0.717, 1.165) is 16.9 Å². The van der Waals surface area contributed by atoms with Crippen LogP contribution in [0.15, 0.2) is 48.0 Å². The maximum Gasteiger partial charge on any atom is 0.295 e. The minimum Gasteiger partial charge on any atom is -0.507 e. The highest BCUT2D eigenvalue weighted by molar-refractivity contribution is 6.46. The first-order valence-corrected chi connectivity index (χ1v) is 11.8. The van der Waals surface area contributed by atoms with Gasteiger partial charge in [-0.3, -0.25) is 9.59 Å². The van der Waals surface area contributed by atoms with Gasteiger partial charge in [0.05, 0.1) is 25.3 Å². The molecule has 1 saturated heterocycles. The summed E-state index contributed by atoms with van der Waals surface area (Å²) in [7, 11) is 5.40. The number of ether oxygens (including phenoxy) is 2. The Labute approximate surface area is 207 Å². The van der Waals surface area contributed by atoms with Gasteiger partial charge in [0, 0.05) is 24.2 Å². The molecule has 0 spiro atoms. The third kappa shape index (κ3) is 5.51. The minimum atomic E-state index is -0.703. The van der Waals surface area contributed by atoms with Crippen LogP contribution in [0.5, 0.6) is 11.5 Å². The van der Waals surface area contributed by atoms with Gasteiger partial charge >= 0.3 is 0 Å². The third-order valence-electron chi connectivity index (χ3n) is 6.12. The molecule has 1 heterocycles. The molecule has 0 bridgehead atoms. The summed E-state index contributed by atoms with van der Waals surface area (Å²) in [6.45, 7) is 9.55. The molecule has 7 nitrogen and oxygen atoms in total. The molecule has 1 atom stereocenters. The summed E-state index contributed by atoms with van der Waals surface area (Å²) in [5.74, 6) is -0.0930. The van der Waals surface area contributed by atoms with E-state index in [1.165, 1.54) is 4.90 Å². The quantitative estimate of drug-likeness (QED) is 0.343. The van der Waals surface area contributed by atoms with E-state index in [2.05, 4.69) is 20.8 Å².